The summed E-state index contributed by atoms with van der Waals surface area (Å²) in [4.78, 5) is 0. The number of nitrogens with one attached hydrogen (secondary N) is 1. The first-order valence-electron chi connectivity index (χ1n) is 5.53. The lowest BCUT2D eigenvalue weighted by Crippen LogP contribution is -2.37. The van der Waals surface area contributed by atoms with Crippen LogP contribution in [0.5, 0.6) is 0 Å². The maximum absolute atomic E-state index is 9.61. The second kappa shape index (κ2) is 4.91. The highest BCUT2D eigenvalue weighted by atomic mass is 16.5. The Hall–Kier alpha value is -0.380. The number of hydrogen-bond acceptors (Lipinski definition) is 3. The van der Waals surface area contributed by atoms with Gasteiger partial charge in [-0.25, -0.2) is 0 Å². The summed E-state index contributed by atoms with van der Waals surface area (Å²) in [6, 6.07) is 0.318. The van der Waals surface area contributed by atoms with Crippen LogP contribution in [0.3, 0.4) is 0 Å². The van der Waals surface area contributed by atoms with Gasteiger partial charge in [0.05, 0.1) is 19.3 Å². The van der Waals surface area contributed by atoms with Gasteiger partial charge in [0.15, 0.2) is 0 Å². The molecule has 2 aliphatic rings. The fourth-order valence-corrected chi connectivity index (χ4v) is 2.17. The zero-order chi connectivity index (χ0) is 9.80. The van der Waals surface area contributed by atoms with E-state index in [1.807, 2.05) is 0 Å². The molecule has 2 atom stereocenters. The van der Waals surface area contributed by atoms with E-state index in [4.69, 9.17) is 4.74 Å². The van der Waals surface area contributed by atoms with Gasteiger partial charge in [-0.2, -0.15) is 0 Å². The van der Waals surface area contributed by atoms with Crippen LogP contribution in [0.2, 0.25) is 0 Å². The third kappa shape index (κ3) is 2.56. The normalized spacial score (nSPS) is 33.1. The van der Waals surface area contributed by atoms with E-state index in [9.17, 15) is 5.11 Å². The fourth-order valence-electron chi connectivity index (χ4n) is 2.17. The lowest BCUT2D eigenvalue weighted by atomic mass is 10.1. The topological polar surface area (TPSA) is 41.5 Å². The van der Waals surface area contributed by atoms with E-state index in [1.54, 1.807) is 0 Å². The van der Waals surface area contributed by atoms with Crippen LogP contribution in [0.1, 0.15) is 25.7 Å². The highest BCUT2D eigenvalue weighted by molar-refractivity contribution is 5.07. The van der Waals surface area contributed by atoms with Crippen molar-refractivity contribution in [3.05, 3.63) is 11.6 Å². The molecule has 0 spiro atoms. The van der Waals surface area contributed by atoms with Gasteiger partial charge < -0.3 is 15.2 Å². The molecule has 1 aliphatic carbocycles. The zero-order valence-corrected chi connectivity index (χ0v) is 8.54. The van der Waals surface area contributed by atoms with Gasteiger partial charge in [-0.05, 0) is 25.7 Å². The van der Waals surface area contributed by atoms with Gasteiger partial charge in [0.2, 0.25) is 0 Å². The average Bonchev–Trinajstić information content (AvgIpc) is 2.63. The van der Waals surface area contributed by atoms with Crippen molar-refractivity contribution in [1.29, 1.82) is 0 Å². The summed E-state index contributed by atoms with van der Waals surface area (Å²) in [6.45, 7) is 2.52. The van der Waals surface area contributed by atoms with Gasteiger partial charge in [0.1, 0.15) is 0 Å². The molecule has 0 saturated heterocycles. The van der Waals surface area contributed by atoms with Crippen LogP contribution in [-0.2, 0) is 4.74 Å². The van der Waals surface area contributed by atoms with Crippen molar-refractivity contribution in [2.45, 2.75) is 37.8 Å². The number of rotatable bonds is 3. The van der Waals surface area contributed by atoms with Gasteiger partial charge in [0.25, 0.3) is 0 Å². The second-order valence-electron chi connectivity index (χ2n) is 4.17. The van der Waals surface area contributed by atoms with Gasteiger partial charge in [0, 0.05) is 12.6 Å². The predicted octanol–water partition coefficient (Wildman–Crippen LogP) is 0.836. The molecule has 1 aliphatic heterocycles. The molecule has 0 bridgehead atoms. The highest BCUT2D eigenvalue weighted by Gasteiger charge is 2.24. The molecule has 1 saturated carbocycles. The molecule has 2 rings (SSSR count). The maximum atomic E-state index is 9.61. The van der Waals surface area contributed by atoms with Crippen LogP contribution >= 0.6 is 0 Å². The van der Waals surface area contributed by atoms with Crippen molar-refractivity contribution in [2.75, 3.05) is 19.8 Å². The van der Waals surface area contributed by atoms with E-state index in [1.165, 1.54) is 5.57 Å². The molecule has 2 N–H and O–H groups in total. The van der Waals surface area contributed by atoms with Crippen molar-refractivity contribution >= 4 is 0 Å². The number of aliphatic hydroxyl groups is 1. The smallest absolute Gasteiger partial charge is 0.0693 e. The fraction of sp³-hybridized carbons (Fsp3) is 0.818. The molecule has 0 aromatic carbocycles. The first-order valence-corrected chi connectivity index (χ1v) is 5.53. The van der Waals surface area contributed by atoms with Gasteiger partial charge in [-0.15, -0.1) is 0 Å². The summed E-state index contributed by atoms with van der Waals surface area (Å²) in [5, 5.41) is 13.0. The van der Waals surface area contributed by atoms with E-state index in [0.717, 1.165) is 45.4 Å². The van der Waals surface area contributed by atoms with E-state index in [2.05, 4.69) is 11.4 Å². The molecule has 3 heteroatoms. The van der Waals surface area contributed by atoms with E-state index in [-0.39, 0.29) is 6.10 Å². The first kappa shape index (κ1) is 10.1. The van der Waals surface area contributed by atoms with E-state index >= 15 is 0 Å². The molecule has 80 valence electrons. The number of ether oxygens (including phenoxy) is 1. The Morgan fingerprint density at radius 2 is 2.43 bits per heavy atom. The summed E-state index contributed by atoms with van der Waals surface area (Å²) in [7, 11) is 0. The summed E-state index contributed by atoms with van der Waals surface area (Å²) >= 11 is 0. The van der Waals surface area contributed by atoms with Crippen molar-refractivity contribution in [3.63, 3.8) is 0 Å². The second-order valence-corrected chi connectivity index (χ2v) is 4.17. The zero-order valence-electron chi connectivity index (χ0n) is 8.54. The molecule has 0 aromatic rings. The van der Waals surface area contributed by atoms with Gasteiger partial charge in [-0.3, -0.25) is 0 Å². The summed E-state index contributed by atoms with van der Waals surface area (Å²) in [6.07, 6.45) is 6.29. The summed E-state index contributed by atoms with van der Waals surface area (Å²) in [5.41, 5.74) is 1.43. The third-order valence-corrected chi connectivity index (χ3v) is 3.13. The Morgan fingerprint density at radius 1 is 1.50 bits per heavy atom. The molecule has 14 heavy (non-hydrogen) atoms. The predicted molar refractivity (Wildman–Crippen MR) is 55.2 cm³/mol. The molecule has 0 unspecified atom stereocenters. The molecule has 3 nitrogen and oxygen atoms in total. The van der Waals surface area contributed by atoms with Gasteiger partial charge in [-0.1, -0.05) is 11.6 Å². The minimum atomic E-state index is -0.129. The minimum Gasteiger partial charge on any atom is -0.392 e. The standard InChI is InChI=1S/C11H19NO2/c13-11-3-1-2-10(11)12-8-9-4-6-14-7-5-9/h4,10-13H,1-3,5-8H2/t10-,11-/m0/s1. The SMILES string of the molecule is O[C@H]1CCC[C@@H]1NCC1=CCOCC1. The minimum absolute atomic E-state index is 0.129. The van der Waals surface area contributed by atoms with E-state index < -0.39 is 0 Å². The Balaban J connectivity index is 1.73. The van der Waals surface area contributed by atoms with Crippen LogP contribution in [0.25, 0.3) is 0 Å². The van der Waals surface area contributed by atoms with Crippen LogP contribution in [-0.4, -0.2) is 37.0 Å². The molecular weight excluding hydrogens is 178 g/mol. The van der Waals surface area contributed by atoms with E-state index in [0.29, 0.717) is 6.04 Å². The van der Waals surface area contributed by atoms with Crippen LogP contribution in [0.4, 0.5) is 0 Å². The van der Waals surface area contributed by atoms with Gasteiger partial charge >= 0.3 is 0 Å². The number of hydrogen-bond donors (Lipinski definition) is 2. The number of aliphatic hydroxyl groups excluding tert-OH is 1. The Morgan fingerprint density at radius 3 is 3.07 bits per heavy atom. The Labute approximate surface area is 85.1 Å². The molecule has 0 amide bonds. The van der Waals surface area contributed by atoms with Crippen LogP contribution in [0, 0.1) is 0 Å². The lowest BCUT2D eigenvalue weighted by molar-refractivity contribution is 0.145. The molecular formula is C11H19NO2. The monoisotopic (exact) mass is 197 g/mol. The van der Waals surface area contributed by atoms with Crippen molar-refractivity contribution in [3.8, 4) is 0 Å². The van der Waals surface area contributed by atoms with Crippen LogP contribution in [0.15, 0.2) is 11.6 Å². The third-order valence-electron chi connectivity index (χ3n) is 3.13. The Bertz CT molecular complexity index is 215. The molecule has 1 heterocycles. The maximum Gasteiger partial charge on any atom is 0.0693 e. The van der Waals surface area contributed by atoms with Crippen molar-refractivity contribution < 1.29 is 9.84 Å². The molecule has 1 fully saturated rings. The summed E-state index contributed by atoms with van der Waals surface area (Å²) in [5.74, 6) is 0. The lowest BCUT2D eigenvalue weighted by Gasteiger charge is -2.19. The first-order chi connectivity index (χ1) is 6.86. The largest absolute Gasteiger partial charge is 0.392 e. The quantitative estimate of drug-likeness (QED) is 0.659. The van der Waals surface area contributed by atoms with Crippen molar-refractivity contribution in [2.24, 2.45) is 0 Å². The average molecular weight is 197 g/mol. The molecule has 0 aromatic heterocycles. The molecule has 0 radical (unpaired) electrons. The summed E-state index contributed by atoms with van der Waals surface area (Å²) < 4.78 is 5.24. The van der Waals surface area contributed by atoms with Crippen molar-refractivity contribution in [1.82, 2.24) is 5.32 Å². The highest BCUT2D eigenvalue weighted by Crippen LogP contribution is 2.19. The van der Waals surface area contributed by atoms with Crippen LogP contribution < -0.4 is 5.32 Å². The Kier molecular flexibility index (Phi) is 3.56.